The van der Waals surface area contributed by atoms with Gasteiger partial charge in [0.1, 0.15) is 42.6 Å². The molecule has 10 atom stereocenters. The summed E-state index contributed by atoms with van der Waals surface area (Å²) in [5.41, 5.74) is 0. The molecule has 11 heteroatoms. The maximum atomic E-state index is 11.3. The summed E-state index contributed by atoms with van der Waals surface area (Å²) in [7, 11) is 1.24. The van der Waals surface area contributed by atoms with Crippen molar-refractivity contribution in [2.75, 3.05) is 13.7 Å². The normalized spacial score (nSPS) is 56.9. The predicted molar refractivity (Wildman–Crippen MR) is 83.6 cm³/mol. The van der Waals surface area contributed by atoms with Gasteiger partial charge < -0.3 is 49.8 Å². The molecular formula is C15H27NO10. The summed E-state index contributed by atoms with van der Waals surface area (Å²) < 4.78 is 43.8. The SMILES string of the molecule is [2H][C@]1(O)[C@]([2H])(O)[C@H](OC[C@H]2O[C@@H](OC)[C@H](NC(C)=O)[C@@H](O)[C@@H]2O)O[C@@H](C)[C@@]1([2H])O. The molecule has 0 saturated carbocycles. The van der Waals surface area contributed by atoms with Crippen LogP contribution in [0.4, 0.5) is 0 Å². The van der Waals surface area contributed by atoms with Crippen LogP contribution in [0.2, 0.25) is 0 Å². The van der Waals surface area contributed by atoms with Crippen LogP contribution in [0.5, 0.6) is 0 Å². The first-order valence-corrected chi connectivity index (χ1v) is 7.94. The smallest absolute Gasteiger partial charge is 0.217 e. The topological polar surface area (TPSA) is 167 Å². The fraction of sp³-hybridized carbons (Fsp3) is 0.933. The van der Waals surface area contributed by atoms with Gasteiger partial charge in [0.05, 0.1) is 16.8 Å². The molecule has 0 bridgehead atoms. The van der Waals surface area contributed by atoms with Gasteiger partial charge in [0, 0.05) is 14.0 Å². The first kappa shape index (κ1) is 17.2. The minimum absolute atomic E-state index is 0.497. The lowest BCUT2D eigenvalue weighted by atomic mass is 9.96. The maximum absolute atomic E-state index is 11.3. The lowest BCUT2D eigenvalue weighted by molar-refractivity contribution is -0.314. The number of carbonyl (C=O) groups excluding carboxylic acids is 1. The highest BCUT2D eigenvalue weighted by molar-refractivity contribution is 5.73. The molecule has 2 aliphatic heterocycles. The van der Waals surface area contributed by atoms with E-state index >= 15 is 0 Å². The second-order valence-electron chi connectivity index (χ2n) is 6.05. The number of methoxy groups -OCH3 is 1. The van der Waals surface area contributed by atoms with Gasteiger partial charge in [-0.2, -0.15) is 0 Å². The molecule has 2 heterocycles. The average molecular weight is 384 g/mol. The van der Waals surface area contributed by atoms with E-state index in [1.165, 1.54) is 14.0 Å². The van der Waals surface area contributed by atoms with Crippen molar-refractivity contribution in [3.8, 4) is 0 Å². The lowest BCUT2D eigenvalue weighted by Crippen LogP contribution is -2.65. The molecule has 0 aromatic heterocycles. The number of rotatable bonds is 5. The van der Waals surface area contributed by atoms with Gasteiger partial charge in [0.15, 0.2) is 12.6 Å². The highest BCUT2D eigenvalue weighted by Gasteiger charge is 2.47. The number of carbonyl (C=O) groups is 1. The molecule has 0 aromatic carbocycles. The second-order valence-corrected chi connectivity index (χ2v) is 6.05. The molecule has 6 N–H and O–H groups in total. The molecule has 152 valence electrons. The minimum atomic E-state index is -3.40. The number of hydrogen-bond donors (Lipinski definition) is 6. The molecule has 1 amide bonds. The summed E-state index contributed by atoms with van der Waals surface area (Å²) in [5, 5.41) is 53.0. The largest absolute Gasteiger partial charge is 0.388 e. The summed E-state index contributed by atoms with van der Waals surface area (Å²) in [5.74, 6) is -0.497. The Morgan fingerprint density at radius 2 is 1.73 bits per heavy atom. The molecule has 0 radical (unpaired) electrons. The van der Waals surface area contributed by atoms with Crippen molar-refractivity contribution in [1.82, 2.24) is 5.32 Å². The van der Waals surface area contributed by atoms with Crippen LogP contribution in [0, 0.1) is 0 Å². The highest BCUT2D eigenvalue weighted by Crippen LogP contribution is 2.25. The third-order valence-corrected chi connectivity index (χ3v) is 4.14. The summed E-state index contributed by atoms with van der Waals surface area (Å²) in [6.45, 7) is 1.73. The fourth-order valence-corrected chi connectivity index (χ4v) is 2.71. The van der Waals surface area contributed by atoms with E-state index in [4.69, 9.17) is 23.1 Å². The van der Waals surface area contributed by atoms with Crippen molar-refractivity contribution < 1.29 is 53.4 Å². The van der Waals surface area contributed by atoms with Crippen LogP contribution in [-0.2, 0) is 23.7 Å². The molecule has 2 saturated heterocycles. The van der Waals surface area contributed by atoms with E-state index in [-0.39, 0.29) is 0 Å². The quantitative estimate of drug-likeness (QED) is 0.279. The van der Waals surface area contributed by atoms with E-state index < -0.39 is 73.8 Å². The van der Waals surface area contributed by atoms with Gasteiger partial charge in [-0.15, -0.1) is 0 Å². The summed E-state index contributed by atoms with van der Waals surface area (Å²) in [4.78, 5) is 11.3. The Morgan fingerprint density at radius 3 is 2.31 bits per heavy atom. The third-order valence-electron chi connectivity index (χ3n) is 4.14. The van der Waals surface area contributed by atoms with Crippen molar-refractivity contribution in [2.45, 2.75) is 75.1 Å². The summed E-state index contributed by atoms with van der Waals surface area (Å²) in [6.07, 6.45) is -18.8. The van der Waals surface area contributed by atoms with Gasteiger partial charge in [-0.3, -0.25) is 4.79 Å². The molecule has 0 aromatic rings. The Balaban J connectivity index is 2.12. The monoisotopic (exact) mass is 384 g/mol. The second kappa shape index (κ2) is 8.87. The molecule has 26 heavy (non-hydrogen) atoms. The number of nitrogens with one attached hydrogen (secondary N) is 1. The van der Waals surface area contributed by atoms with Crippen molar-refractivity contribution in [2.24, 2.45) is 0 Å². The van der Waals surface area contributed by atoms with E-state index in [1.54, 1.807) is 0 Å². The van der Waals surface area contributed by atoms with Crippen molar-refractivity contribution in [1.29, 1.82) is 0 Å². The molecule has 2 rings (SSSR count). The predicted octanol–water partition coefficient (Wildman–Crippen LogP) is -3.57. The van der Waals surface area contributed by atoms with Gasteiger partial charge >= 0.3 is 0 Å². The average Bonchev–Trinajstić information content (AvgIpc) is 2.61. The van der Waals surface area contributed by atoms with Crippen molar-refractivity contribution >= 4 is 5.91 Å². The van der Waals surface area contributed by atoms with Gasteiger partial charge in [-0.25, -0.2) is 0 Å². The molecule has 0 unspecified atom stereocenters. The maximum Gasteiger partial charge on any atom is 0.217 e. The molecule has 11 nitrogen and oxygen atoms in total. The number of amides is 1. The lowest BCUT2D eigenvalue weighted by Gasteiger charge is -2.43. The van der Waals surface area contributed by atoms with Crippen LogP contribution in [0.25, 0.3) is 0 Å². The zero-order valence-electron chi connectivity index (χ0n) is 17.5. The van der Waals surface area contributed by atoms with Crippen LogP contribution < -0.4 is 5.32 Å². The first-order chi connectivity index (χ1) is 13.2. The fourth-order valence-electron chi connectivity index (χ4n) is 2.71. The Bertz CT molecular complexity index is 605. The Hall–Kier alpha value is -0.890. The Labute approximate surface area is 154 Å². The number of aliphatic hydroxyl groups excluding tert-OH is 2. The van der Waals surface area contributed by atoms with Crippen molar-refractivity contribution in [3.05, 3.63) is 0 Å². The Kier molecular flexibility index (Phi) is 5.87. The van der Waals surface area contributed by atoms with Crippen molar-refractivity contribution in [3.63, 3.8) is 0 Å². The van der Waals surface area contributed by atoms with Gasteiger partial charge in [0.25, 0.3) is 0 Å². The molecule has 2 fully saturated rings. The van der Waals surface area contributed by atoms with E-state index in [0.717, 1.165) is 6.92 Å². The van der Waals surface area contributed by atoms with Crippen LogP contribution in [0.15, 0.2) is 0 Å². The molecular weight excluding hydrogens is 354 g/mol. The highest BCUT2D eigenvalue weighted by atomic mass is 16.7. The number of hydrogen-bond acceptors (Lipinski definition) is 10. The van der Waals surface area contributed by atoms with E-state index in [1.807, 2.05) is 0 Å². The first-order valence-electron chi connectivity index (χ1n) is 9.44. The molecule has 0 spiro atoms. The van der Waals surface area contributed by atoms with E-state index in [2.05, 4.69) is 5.32 Å². The van der Waals surface area contributed by atoms with Crippen LogP contribution in [0.1, 0.15) is 18.0 Å². The van der Waals surface area contributed by atoms with Gasteiger partial charge in [-0.1, -0.05) is 0 Å². The summed E-state index contributed by atoms with van der Waals surface area (Å²) >= 11 is 0. The standard InChI is InChI=1S/C15H27NO10/c1-5-9(18)12(21)13(22)15(25-5)24-4-7-10(19)11(20)8(16-6(2)17)14(23-3)26-7/h5,7-15,18-22H,4H2,1-3H3,(H,16,17)/t5-,7+,8+,9+,10+,11+,12+,13-,14+,15+/m0/s1/i9D,12D,13D. The molecule has 2 aliphatic rings. The Morgan fingerprint density at radius 1 is 1.08 bits per heavy atom. The number of aliphatic hydroxyl groups is 5. The zero-order valence-corrected chi connectivity index (χ0v) is 14.5. The van der Waals surface area contributed by atoms with Crippen LogP contribution in [0.3, 0.4) is 0 Å². The molecule has 0 aliphatic carbocycles. The van der Waals surface area contributed by atoms with Crippen LogP contribution in [-0.4, -0.2) is 106 Å². The van der Waals surface area contributed by atoms with Gasteiger partial charge in [-0.05, 0) is 6.92 Å². The van der Waals surface area contributed by atoms with E-state index in [9.17, 15) is 30.3 Å². The zero-order chi connectivity index (χ0) is 22.4. The summed E-state index contributed by atoms with van der Waals surface area (Å²) in [6, 6.07) is -1.08. The van der Waals surface area contributed by atoms with Gasteiger partial charge in [0.2, 0.25) is 5.91 Å². The van der Waals surface area contributed by atoms with E-state index in [0.29, 0.717) is 0 Å². The van der Waals surface area contributed by atoms with Crippen LogP contribution >= 0.6 is 0 Å². The number of ether oxygens (including phenoxy) is 4. The minimum Gasteiger partial charge on any atom is -0.388 e. The third kappa shape index (κ3) is 4.50.